The Morgan fingerprint density at radius 1 is 1.33 bits per heavy atom. The molecule has 15 heavy (non-hydrogen) atoms. The van der Waals surface area contributed by atoms with Gasteiger partial charge in [0, 0.05) is 34.6 Å². The quantitative estimate of drug-likeness (QED) is 0.914. The molecule has 1 aromatic carbocycles. The monoisotopic (exact) mass is 332 g/mol. The molecule has 1 heterocycles. The van der Waals surface area contributed by atoms with E-state index in [1.807, 2.05) is 0 Å². The molecule has 2 rings (SSSR count). The molecule has 0 atom stereocenters. The Morgan fingerprint density at radius 3 is 2.60 bits per heavy atom. The first kappa shape index (κ1) is 11.6. The number of benzene rings is 1. The Bertz CT molecular complexity index is 350. The molecule has 1 N–H and O–H groups in total. The summed E-state index contributed by atoms with van der Waals surface area (Å²) in [6.45, 7) is 3.25. The summed E-state index contributed by atoms with van der Waals surface area (Å²) < 4.78 is 2.24. The molecule has 0 bridgehead atoms. The molecule has 0 saturated carbocycles. The van der Waals surface area contributed by atoms with Crippen LogP contribution in [0, 0.1) is 0 Å². The lowest BCUT2D eigenvalue weighted by Crippen LogP contribution is -2.55. The van der Waals surface area contributed by atoms with Crippen molar-refractivity contribution in [3.8, 4) is 0 Å². The van der Waals surface area contributed by atoms with E-state index in [4.69, 9.17) is 0 Å². The maximum Gasteiger partial charge on any atom is 0.0345 e. The second kappa shape index (κ2) is 4.95. The van der Waals surface area contributed by atoms with Crippen molar-refractivity contribution < 1.29 is 0 Å². The zero-order chi connectivity index (χ0) is 10.8. The normalized spacial score (nSPS) is 16.8. The first-order chi connectivity index (χ1) is 7.16. The van der Waals surface area contributed by atoms with Crippen molar-refractivity contribution in [2.45, 2.75) is 12.6 Å². The van der Waals surface area contributed by atoms with Crippen molar-refractivity contribution in [3.05, 3.63) is 32.7 Å². The summed E-state index contributed by atoms with van der Waals surface area (Å²) in [4.78, 5) is 2.40. The minimum atomic E-state index is 0.701. The SMILES string of the molecule is CN(Cc1ccc(Br)c(Br)c1)C1CNC1. The predicted molar refractivity (Wildman–Crippen MR) is 70.0 cm³/mol. The molecule has 0 spiro atoms. The topological polar surface area (TPSA) is 15.3 Å². The fourth-order valence-electron chi connectivity index (χ4n) is 1.64. The van der Waals surface area contributed by atoms with Crippen LogP contribution in [-0.4, -0.2) is 31.1 Å². The number of nitrogens with one attached hydrogen (secondary N) is 1. The third-order valence-electron chi connectivity index (χ3n) is 2.80. The van der Waals surface area contributed by atoms with E-state index in [1.165, 1.54) is 5.56 Å². The van der Waals surface area contributed by atoms with Crippen molar-refractivity contribution in [2.24, 2.45) is 0 Å². The lowest BCUT2D eigenvalue weighted by Gasteiger charge is -2.35. The van der Waals surface area contributed by atoms with E-state index in [0.717, 1.165) is 28.6 Å². The van der Waals surface area contributed by atoms with Gasteiger partial charge in [-0.1, -0.05) is 6.07 Å². The Hall–Kier alpha value is 0.1000. The molecule has 1 aromatic rings. The fourth-order valence-corrected chi connectivity index (χ4v) is 2.31. The first-order valence-electron chi connectivity index (χ1n) is 5.01. The summed E-state index contributed by atoms with van der Waals surface area (Å²) in [7, 11) is 2.18. The molecule has 1 saturated heterocycles. The van der Waals surface area contributed by atoms with Crippen LogP contribution < -0.4 is 5.32 Å². The molecule has 0 aromatic heterocycles. The Morgan fingerprint density at radius 2 is 2.07 bits per heavy atom. The van der Waals surface area contributed by atoms with Gasteiger partial charge in [-0.3, -0.25) is 4.90 Å². The highest BCUT2D eigenvalue weighted by Gasteiger charge is 2.21. The van der Waals surface area contributed by atoms with E-state index in [0.29, 0.717) is 6.04 Å². The summed E-state index contributed by atoms with van der Waals surface area (Å²) >= 11 is 7.01. The van der Waals surface area contributed by atoms with Gasteiger partial charge >= 0.3 is 0 Å². The highest BCUT2D eigenvalue weighted by atomic mass is 79.9. The molecule has 4 heteroatoms. The third kappa shape index (κ3) is 2.81. The second-order valence-electron chi connectivity index (χ2n) is 3.98. The van der Waals surface area contributed by atoms with Crippen molar-refractivity contribution in [1.29, 1.82) is 0 Å². The minimum Gasteiger partial charge on any atom is -0.314 e. The predicted octanol–water partition coefficient (Wildman–Crippen LogP) is 2.62. The van der Waals surface area contributed by atoms with E-state index >= 15 is 0 Å². The number of rotatable bonds is 3. The fraction of sp³-hybridized carbons (Fsp3) is 0.455. The van der Waals surface area contributed by atoms with Crippen LogP contribution in [0.4, 0.5) is 0 Å². The van der Waals surface area contributed by atoms with Crippen LogP contribution in [0.25, 0.3) is 0 Å². The van der Waals surface area contributed by atoms with Crippen LogP contribution in [0.2, 0.25) is 0 Å². The van der Waals surface area contributed by atoms with E-state index < -0.39 is 0 Å². The smallest absolute Gasteiger partial charge is 0.0345 e. The van der Waals surface area contributed by atoms with E-state index in [2.05, 4.69) is 67.3 Å². The van der Waals surface area contributed by atoms with Crippen molar-refractivity contribution in [3.63, 3.8) is 0 Å². The molecule has 1 fully saturated rings. The average molecular weight is 334 g/mol. The first-order valence-corrected chi connectivity index (χ1v) is 6.60. The number of halogens is 2. The maximum absolute atomic E-state index is 3.53. The molecule has 0 unspecified atom stereocenters. The van der Waals surface area contributed by atoms with E-state index in [1.54, 1.807) is 0 Å². The van der Waals surface area contributed by atoms with Gasteiger partial charge in [0.1, 0.15) is 0 Å². The minimum absolute atomic E-state index is 0.701. The third-order valence-corrected chi connectivity index (χ3v) is 4.68. The van der Waals surface area contributed by atoms with Crippen LogP contribution in [0.15, 0.2) is 27.1 Å². The molecule has 0 amide bonds. The van der Waals surface area contributed by atoms with Gasteiger partial charge in [0.15, 0.2) is 0 Å². The Labute approximate surface area is 107 Å². The molecule has 1 aliphatic rings. The summed E-state index contributed by atoms with van der Waals surface area (Å²) in [5, 5.41) is 3.29. The number of nitrogens with zero attached hydrogens (tertiary/aromatic N) is 1. The van der Waals surface area contributed by atoms with Gasteiger partial charge in [-0.15, -0.1) is 0 Å². The standard InChI is InChI=1S/C11H14Br2N2/c1-15(9-5-14-6-9)7-8-2-3-10(12)11(13)4-8/h2-4,9,14H,5-7H2,1H3. The van der Waals surface area contributed by atoms with Crippen LogP contribution in [-0.2, 0) is 6.54 Å². The summed E-state index contributed by atoms with van der Waals surface area (Å²) in [5.41, 5.74) is 1.35. The van der Waals surface area contributed by atoms with Gasteiger partial charge in [-0.2, -0.15) is 0 Å². The average Bonchev–Trinajstić information content (AvgIpc) is 2.08. The lowest BCUT2D eigenvalue weighted by molar-refractivity contribution is 0.173. The molecule has 0 aliphatic carbocycles. The zero-order valence-corrected chi connectivity index (χ0v) is 11.8. The van der Waals surface area contributed by atoms with Gasteiger partial charge in [0.2, 0.25) is 0 Å². The molecule has 2 nitrogen and oxygen atoms in total. The van der Waals surface area contributed by atoms with Crippen molar-refractivity contribution >= 4 is 31.9 Å². The number of hydrogen-bond acceptors (Lipinski definition) is 2. The van der Waals surface area contributed by atoms with Gasteiger partial charge in [-0.25, -0.2) is 0 Å². The Kier molecular flexibility index (Phi) is 3.83. The summed E-state index contributed by atoms with van der Waals surface area (Å²) in [5.74, 6) is 0. The Balaban J connectivity index is 2.00. The largest absolute Gasteiger partial charge is 0.314 e. The van der Waals surface area contributed by atoms with Crippen LogP contribution in [0.1, 0.15) is 5.56 Å². The highest BCUT2D eigenvalue weighted by molar-refractivity contribution is 9.13. The molecule has 0 radical (unpaired) electrons. The van der Waals surface area contributed by atoms with E-state index in [-0.39, 0.29) is 0 Å². The molecule has 1 aliphatic heterocycles. The highest BCUT2D eigenvalue weighted by Crippen LogP contribution is 2.24. The van der Waals surface area contributed by atoms with E-state index in [9.17, 15) is 0 Å². The molecular formula is C11H14Br2N2. The lowest BCUT2D eigenvalue weighted by atomic mass is 10.1. The molecular weight excluding hydrogens is 320 g/mol. The summed E-state index contributed by atoms with van der Waals surface area (Å²) in [6, 6.07) is 7.13. The van der Waals surface area contributed by atoms with Crippen LogP contribution >= 0.6 is 31.9 Å². The van der Waals surface area contributed by atoms with Gasteiger partial charge in [-0.05, 0) is 56.6 Å². The van der Waals surface area contributed by atoms with Crippen LogP contribution in [0.5, 0.6) is 0 Å². The van der Waals surface area contributed by atoms with Crippen molar-refractivity contribution in [2.75, 3.05) is 20.1 Å². The maximum atomic E-state index is 3.53. The van der Waals surface area contributed by atoms with Crippen LogP contribution in [0.3, 0.4) is 0 Å². The van der Waals surface area contributed by atoms with Gasteiger partial charge in [0.25, 0.3) is 0 Å². The molecule has 82 valence electrons. The summed E-state index contributed by atoms with van der Waals surface area (Å²) in [6.07, 6.45) is 0. The number of hydrogen-bond donors (Lipinski definition) is 1. The van der Waals surface area contributed by atoms with Crippen molar-refractivity contribution in [1.82, 2.24) is 10.2 Å². The second-order valence-corrected chi connectivity index (χ2v) is 5.68. The zero-order valence-electron chi connectivity index (χ0n) is 8.63. The number of likely N-dealkylation sites (N-methyl/N-ethyl adjacent to an activating group) is 1. The van der Waals surface area contributed by atoms with Gasteiger partial charge < -0.3 is 5.32 Å². The van der Waals surface area contributed by atoms with Gasteiger partial charge in [0.05, 0.1) is 0 Å².